The van der Waals surface area contributed by atoms with E-state index in [9.17, 15) is 19.3 Å². The van der Waals surface area contributed by atoms with Crippen LogP contribution in [0, 0.1) is 15.9 Å². The van der Waals surface area contributed by atoms with Crippen LogP contribution in [0.4, 0.5) is 10.1 Å². The molecule has 108 valence electrons. The monoisotopic (exact) mass is 353 g/mol. The number of carbonyl (C=O) groups excluding carboxylic acids is 1. The van der Waals surface area contributed by atoms with E-state index in [2.05, 4.69) is 15.9 Å². The summed E-state index contributed by atoms with van der Waals surface area (Å²) in [5.41, 5.74) is -0.104. The third kappa shape index (κ3) is 3.25. The molecule has 0 N–H and O–H groups in total. The first-order valence-corrected chi connectivity index (χ1v) is 6.60. The molecule has 0 aliphatic heterocycles. The Hall–Kier alpha value is -2.28. The van der Waals surface area contributed by atoms with Crippen LogP contribution in [0.2, 0.25) is 0 Å². The van der Waals surface area contributed by atoms with Crippen molar-refractivity contribution in [3.05, 3.63) is 62.4 Å². The Labute approximate surface area is 127 Å². The lowest BCUT2D eigenvalue weighted by atomic mass is 10.1. The minimum Gasteiger partial charge on any atom is -0.455 e. The molecule has 21 heavy (non-hydrogen) atoms. The molecule has 0 fully saturated rings. The number of ether oxygens (including phenoxy) is 1. The molecule has 0 unspecified atom stereocenters. The van der Waals surface area contributed by atoms with E-state index >= 15 is 0 Å². The zero-order valence-corrected chi connectivity index (χ0v) is 12.4. The number of benzene rings is 2. The molecule has 0 heterocycles. The SMILES string of the molecule is CC(=O)c1cc(F)ccc1Oc1cccc([N+](=O)[O-])c1Br. The van der Waals surface area contributed by atoms with E-state index in [0.29, 0.717) is 0 Å². The van der Waals surface area contributed by atoms with Gasteiger partial charge in [-0.15, -0.1) is 0 Å². The summed E-state index contributed by atoms with van der Waals surface area (Å²) in [6, 6.07) is 7.78. The van der Waals surface area contributed by atoms with Crippen LogP contribution < -0.4 is 4.74 Å². The van der Waals surface area contributed by atoms with E-state index in [0.717, 1.165) is 12.1 Å². The zero-order chi connectivity index (χ0) is 15.6. The van der Waals surface area contributed by atoms with Crippen LogP contribution in [0.5, 0.6) is 11.5 Å². The van der Waals surface area contributed by atoms with Gasteiger partial charge in [-0.1, -0.05) is 6.07 Å². The Morgan fingerprint density at radius 2 is 2.00 bits per heavy atom. The van der Waals surface area contributed by atoms with Crippen LogP contribution in [0.1, 0.15) is 17.3 Å². The van der Waals surface area contributed by atoms with Crippen molar-refractivity contribution in [1.29, 1.82) is 0 Å². The van der Waals surface area contributed by atoms with Crippen LogP contribution >= 0.6 is 15.9 Å². The third-order valence-electron chi connectivity index (χ3n) is 2.68. The Balaban J connectivity index is 2.46. The summed E-state index contributed by atoms with van der Waals surface area (Å²) in [5.74, 6) is -0.639. The number of hydrogen-bond acceptors (Lipinski definition) is 4. The minimum atomic E-state index is -0.564. The first-order chi connectivity index (χ1) is 9.90. The molecular weight excluding hydrogens is 345 g/mol. The minimum absolute atomic E-state index is 0.0633. The average Bonchev–Trinajstić information content (AvgIpc) is 2.42. The van der Waals surface area contributed by atoms with Crippen LogP contribution in [-0.2, 0) is 0 Å². The highest BCUT2D eigenvalue weighted by Crippen LogP contribution is 2.37. The molecule has 0 aromatic heterocycles. The van der Waals surface area contributed by atoms with Crippen molar-refractivity contribution in [3.8, 4) is 11.5 Å². The van der Waals surface area contributed by atoms with E-state index in [1.165, 1.54) is 31.2 Å². The molecule has 0 amide bonds. The van der Waals surface area contributed by atoms with Crippen molar-refractivity contribution in [2.75, 3.05) is 0 Å². The number of rotatable bonds is 4. The molecule has 2 aromatic carbocycles. The predicted octanol–water partition coefficient (Wildman–Crippen LogP) is 4.49. The number of nitrogens with zero attached hydrogens (tertiary/aromatic N) is 1. The smallest absolute Gasteiger partial charge is 0.287 e. The molecule has 0 bridgehead atoms. The van der Waals surface area contributed by atoms with Crippen LogP contribution in [-0.4, -0.2) is 10.7 Å². The van der Waals surface area contributed by atoms with Gasteiger partial charge in [0.1, 0.15) is 21.8 Å². The summed E-state index contributed by atoms with van der Waals surface area (Å²) >= 11 is 3.09. The van der Waals surface area contributed by atoms with Crippen molar-refractivity contribution in [3.63, 3.8) is 0 Å². The van der Waals surface area contributed by atoms with E-state index in [1.807, 2.05) is 0 Å². The summed E-state index contributed by atoms with van der Waals surface area (Å²) in [6.07, 6.45) is 0. The lowest BCUT2D eigenvalue weighted by molar-refractivity contribution is -0.385. The second-order valence-corrected chi connectivity index (χ2v) is 4.94. The van der Waals surface area contributed by atoms with E-state index < -0.39 is 10.7 Å². The Kier molecular flexibility index (Phi) is 4.32. The van der Waals surface area contributed by atoms with Gasteiger partial charge < -0.3 is 4.74 Å². The standard InChI is InChI=1S/C14H9BrFNO4/c1-8(18)10-7-9(16)5-6-12(10)21-13-4-2-3-11(14(13)15)17(19)20/h2-7H,1H3. The lowest BCUT2D eigenvalue weighted by Gasteiger charge is -2.11. The van der Waals surface area contributed by atoms with Gasteiger partial charge in [0, 0.05) is 6.07 Å². The van der Waals surface area contributed by atoms with Gasteiger partial charge in [-0.3, -0.25) is 14.9 Å². The van der Waals surface area contributed by atoms with Crippen molar-refractivity contribution < 1.29 is 18.8 Å². The molecule has 0 aliphatic rings. The van der Waals surface area contributed by atoms with Crippen LogP contribution in [0.15, 0.2) is 40.9 Å². The summed E-state index contributed by atoms with van der Waals surface area (Å²) in [5, 5.41) is 10.9. The maximum atomic E-state index is 13.2. The molecule has 5 nitrogen and oxygen atoms in total. The lowest BCUT2D eigenvalue weighted by Crippen LogP contribution is -1.99. The molecule has 0 aliphatic carbocycles. The van der Waals surface area contributed by atoms with Gasteiger partial charge in [-0.2, -0.15) is 0 Å². The molecule has 0 saturated carbocycles. The zero-order valence-electron chi connectivity index (χ0n) is 10.8. The van der Waals surface area contributed by atoms with Crippen molar-refractivity contribution >= 4 is 27.4 Å². The van der Waals surface area contributed by atoms with E-state index in [1.54, 1.807) is 0 Å². The number of nitro groups is 1. The van der Waals surface area contributed by atoms with Crippen LogP contribution in [0.3, 0.4) is 0 Å². The van der Waals surface area contributed by atoms with Gasteiger partial charge >= 0.3 is 0 Å². The molecule has 0 atom stereocenters. The number of ketones is 1. The number of halogens is 2. The van der Waals surface area contributed by atoms with Gasteiger partial charge in [0.05, 0.1) is 10.5 Å². The highest BCUT2D eigenvalue weighted by Gasteiger charge is 2.18. The summed E-state index contributed by atoms with van der Waals surface area (Å²) in [7, 11) is 0. The molecule has 7 heteroatoms. The third-order valence-corrected chi connectivity index (χ3v) is 3.48. The first-order valence-electron chi connectivity index (χ1n) is 5.81. The topological polar surface area (TPSA) is 69.4 Å². The normalized spacial score (nSPS) is 10.2. The Morgan fingerprint density at radius 1 is 1.29 bits per heavy atom. The second kappa shape index (κ2) is 6.01. The maximum Gasteiger partial charge on any atom is 0.287 e. The highest BCUT2D eigenvalue weighted by atomic mass is 79.9. The Bertz CT molecular complexity index is 733. The van der Waals surface area contributed by atoms with Crippen molar-refractivity contribution in [2.24, 2.45) is 0 Å². The largest absolute Gasteiger partial charge is 0.455 e. The molecule has 2 rings (SSSR count). The number of hydrogen-bond donors (Lipinski definition) is 0. The molecule has 0 spiro atoms. The van der Waals surface area contributed by atoms with Crippen LogP contribution in [0.25, 0.3) is 0 Å². The van der Waals surface area contributed by atoms with Gasteiger partial charge in [0.2, 0.25) is 0 Å². The molecule has 0 radical (unpaired) electrons. The summed E-state index contributed by atoms with van der Waals surface area (Å²) in [4.78, 5) is 21.8. The average molecular weight is 354 g/mol. The molecule has 2 aromatic rings. The summed E-state index contributed by atoms with van der Waals surface area (Å²) in [6.45, 7) is 1.28. The number of Topliss-reactive ketones (excluding diaryl/α,β-unsaturated/α-hetero) is 1. The fourth-order valence-electron chi connectivity index (χ4n) is 1.70. The fourth-order valence-corrected chi connectivity index (χ4v) is 2.19. The number of carbonyl (C=O) groups is 1. The van der Waals surface area contributed by atoms with Crippen molar-refractivity contribution in [2.45, 2.75) is 6.92 Å². The Morgan fingerprint density at radius 3 is 2.62 bits per heavy atom. The maximum absolute atomic E-state index is 13.2. The van der Waals surface area contributed by atoms with Gasteiger partial charge in [-0.25, -0.2) is 4.39 Å². The molecular formula is C14H9BrFNO4. The summed E-state index contributed by atoms with van der Waals surface area (Å²) < 4.78 is 18.8. The fraction of sp³-hybridized carbons (Fsp3) is 0.0714. The number of nitro benzene ring substituents is 1. The first kappa shape index (κ1) is 15.1. The second-order valence-electron chi connectivity index (χ2n) is 4.15. The van der Waals surface area contributed by atoms with Gasteiger partial charge in [0.15, 0.2) is 5.78 Å². The van der Waals surface area contributed by atoms with Gasteiger partial charge in [0.25, 0.3) is 5.69 Å². The van der Waals surface area contributed by atoms with Crippen molar-refractivity contribution in [1.82, 2.24) is 0 Å². The van der Waals surface area contributed by atoms with E-state index in [-0.39, 0.29) is 33.0 Å². The predicted molar refractivity (Wildman–Crippen MR) is 77.3 cm³/mol. The van der Waals surface area contributed by atoms with Gasteiger partial charge in [-0.05, 0) is 47.1 Å². The highest BCUT2D eigenvalue weighted by molar-refractivity contribution is 9.10. The van der Waals surface area contributed by atoms with E-state index in [4.69, 9.17) is 4.74 Å². The quantitative estimate of drug-likeness (QED) is 0.461. The molecule has 0 saturated heterocycles.